The maximum atomic E-state index is 14.1. The summed E-state index contributed by atoms with van der Waals surface area (Å²) in [6.07, 6.45) is 3.42. The molecule has 7 N–H and O–H groups in total. The molecule has 40 heavy (non-hydrogen) atoms. The summed E-state index contributed by atoms with van der Waals surface area (Å²) >= 11 is 0. The molecule has 2 unspecified atom stereocenters. The first kappa shape index (κ1) is 32.0. The number of hydrogen-bond acceptors (Lipinski definition) is 8. The molecule has 5 atom stereocenters. The van der Waals surface area contributed by atoms with Gasteiger partial charge >= 0.3 is 5.97 Å². The van der Waals surface area contributed by atoms with Gasteiger partial charge in [-0.05, 0) is 48.9 Å². The fourth-order valence-corrected chi connectivity index (χ4v) is 6.16. The highest BCUT2D eigenvalue weighted by Gasteiger charge is 2.49. The summed E-state index contributed by atoms with van der Waals surface area (Å²) in [7, 11) is 0. The van der Waals surface area contributed by atoms with Crippen LogP contribution < -0.4 is 21.7 Å². The molecule has 3 fully saturated rings. The number of aliphatic hydroxyl groups excluding tert-OH is 1. The molecule has 0 bridgehead atoms. The lowest BCUT2D eigenvalue weighted by molar-refractivity contribution is -0.148. The van der Waals surface area contributed by atoms with Gasteiger partial charge in [0, 0.05) is 6.54 Å². The van der Waals surface area contributed by atoms with Crippen molar-refractivity contribution in [3.8, 4) is 0 Å². The van der Waals surface area contributed by atoms with Gasteiger partial charge in [-0.1, -0.05) is 60.3 Å². The van der Waals surface area contributed by atoms with Crippen molar-refractivity contribution in [1.82, 2.24) is 20.9 Å². The largest absolute Gasteiger partial charge is 0.480 e. The van der Waals surface area contributed by atoms with Crippen LogP contribution in [0.4, 0.5) is 0 Å². The van der Waals surface area contributed by atoms with Gasteiger partial charge in [-0.25, -0.2) is 0 Å². The number of hydrogen-bond donors (Lipinski definition) is 6. The van der Waals surface area contributed by atoms with E-state index in [2.05, 4.69) is 16.0 Å². The van der Waals surface area contributed by atoms with Gasteiger partial charge in [-0.2, -0.15) is 0 Å². The van der Waals surface area contributed by atoms with Gasteiger partial charge in [0.25, 0.3) is 5.91 Å². The molecule has 1 heterocycles. The number of carbonyl (C=O) groups excluding carboxylic acids is 4. The van der Waals surface area contributed by atoms with Gasteiger partial charge in [-0.15, -0.1) is 0 Å². The number of aliphatic carboxylic acids is 1. The highest BCUT2D eigenvalue weighted by molar-refractivity contribution is 6.37. The Morgan fingerprint density at radius 1 is 1.05 bits per heavy atom. The Labute approximate surface area is 236 Å². The molecule has 12 heteroatoms. The van der Waals surface area contributed by atoms with Crippen LogP contribution in [0.5, 0.6) is 0 Å². The third-order valence-electron chi connectivity index (χ3n) is 8.71. The number of nitrogens with one attached hydrogen (secondary N) is 3. The van der Waals surface area contributed by atoms with E-state index in [1.54, 1.807) is 0 Å². The molecule has 1 aliphatic heterocycles. The molecule has 12 nitrogen and oxygen atoms in total. The molecule has 0 aromatic carbocycles. The van der Waals surface area contributed by atoms with E-state index in [9.17, 15) is 34.2 Å². The summed E-state index contributed by atoms with van der Waals surface area (Å²) in [5, 5.41) is 29.1. The smallest absolute Gasteiger partial charge is 0.324 e. The summed E-state index contributed by atoms with van der Waals surface area (Å²) in [6.45, 7) is 9.69. The summed E-state index contributed by atoms with van der Waals surface area (Å²) in [6, 6.07) is -2.88. The van der Waals surface area contributed by atoms with Crippen LogP contribution in [-0.2, 0) is 24.0 Å². The lowest BCUT2D eigenvalue weighted by Gasteiger charge is -2.39. The third kappa shape index (κ3) is 7.38. The number of primary amides is 1. The van der Waals surface area contributed by atoms with Gasteiger partial charge in [0.15, 0.2) is 6.35 Å². The first-order chi connectivity index (χ1) is 18.6. The van der Waals surface area contributed by atoms with Crippen LogP contribution in [0.2, 0.25) is 0 Å². The number of likely N-dealkylation sites (tertiary alicyclic amines) is 1. The zero-order chi connectivity index (χ0) is 30.0. The quantitative estimate of drug-likeness (QED) is 0.136. The second-order valence-electron chi connectivity index (χ2n) is 13.2. The minimum absolute atomic E-state index is 0.0494. The second-order valence-corrected chi connectivity index (χ2v) is 13.2. The zero-order valence-corrected chi connectivity index (χ0v) is 24.4. The van der Waals surface area contributed by atoms with Gasteiger partial charge in [0.05, 0.1) is 12.1 Å². The van der Waals surface area contributed by atoms with Crippen LogP contribution in [-0.4, -0.2) is 81.1 Å². The van der Waals surface area contributed by atoms with E-state index in [-0.39, 0.29) is 17.8 Å². The highest BCUT2D eigenvalue weighted by Crippen LogP contribution is 2.36. The standard InChI is InChI=1S/C28H47N5O7/c1-15(2)17-10-13-33(19(17)23(36)30-18(14-16-8-9-16)20(34)22(29)35)24(37)21(27(3,4)5)31-26(40)32-28(25(38)39)11-6-7-12-28/h15-19,21,26,31-32,40H,6-14H2,1-5H3,(H2,29,35)(H,30,36)(H,38,39)/t17-,18?,19+,21-,26?/m1/s1. The first-order valence-electron chi connectivity index (χ1n) is 14.5. The van der Waals surface area contributed by atoms with E-state index in [4.69, 9.17) is 5.73 Å². The minimum Gasteiger partial charge on any atom is -0.480 e. The minimum atomic E-state index is -1.48. The van der Waals surface area contributed by atoms with Crippen molar-refractivity contribution >= 4 is 29.5 Å². The van der Waals surface area contributed by atoms with Crippen molar-refractivity contribution in [2.24, 2.45) is 28.9 Å². The van der Waals surface area contributed by atoms with Gasteiger partial charge in [0.2, 0.25) is 17.6 Å². The molecule has 2 saturated carbocycles. The molecule has 0 aromatic heterocycles. The van der Waals surface area contributed by atoms with Crippen LogP contribution in [0.25, 0.3) is 0 Å². The van der Waals surface area contributed by atoms with Crippen molar-refractivity contribution in [1.29, 1.82) is 0 Å². The Hall–Kier alpha value is -2.57. The fraction of sp³-hybridized carbons (Fsp3) is 0.821. The van der Waals surface area contributed by atoms with E-state index in [0.717, 1.165) is 25.7 Å². The predicted molar refractivity (Wildman–Crippen MR) is 146 cm³/mol. The average Bonchev–Trinajstić information content (AvgIpc) is 3.35. The Morgan fingerprint density at radius 3 is 2.12 bits per heavy atom. The van der Waals surface area contributed by atoms with Gasteiger partial charge < -0.3 is 26.2 Å². The zero-order valence-electron chi connectivity index (χ0n) is 24.4. The highest BCUT2D eigenvalue weighted by atomic mass is 16.4. The summed E-state index contributed by atoms with van der Waals surface area (Å²) in [5.74, 6) is -3.81. The molecule has 3 rings (SSSR count). The van der Waals surface area contributed by atoms with Crippen molar-refractivity contribution in [2.45, 2.75) is 116 Å². The van der Waals surface area contributed by atoms with E-state index >= 15 is 0 Å². The van der Waals surface area contributed by atoms with Crippen molar-refractivity contribution in [2.75, 3.05) is 6.54 Å². The molecule has 3 aliphatic rings. The number of rotatable bonds is 13. The Bertz CT molecular complexity index is 984. The van der Waals surface area contributed by atoms with Crippen LogP contribution in [0.3, 0.4) is 0 Å². The number of carbonyl (C=O) groups is 5. The lowest BCUT2D eigenvalue weighted by atomic mass is 9.84. The number of carboxylic acid groups (broad SMARTS) is 1. The molecule has 226 valence electrons. The van der Waals surface area contributed by atoms with E-state index in [0.29, 0.717) is 32.2 Å². The number of amides is 3. The molecular weight excluding hydrogens is 518 g/mol. The molecule has 3 amide bonds. The monoisotopic (exact) mass is 565 g/mol. The number of nitrogens with two attached hydrogens (primary N) is 1. The van der Waals surface area contributed by atoms with E-state index in [1.807, 2.05) is 34.6 Å². The predicted octanol–water partition coefficient (Wildman–Crippen LogP) is 0.466. The number of carboxylic acids is 1. The summed E-state index contributed by atoms with van der Waals surface area (Å²) in [4.78, 5) is 65.4. The number of aliphatic hydroxyl groups is 1. The Morgan fingerprint density at radius 2 is 1.65 bits per heavy atom. The fourth-order valence-electron chi connectivity index (χ4n) is 6.16. The van der Waals surface area contributed by atoms with Crippen molar-refractivity contribution < 1.29 is 34.2 Å². The molecule has 0 spiro atoms. The summed E-state index contributed by atoms with van der Waals surface area (Å²) < 4.78 is 0. The normalized spacial score (nSPS) is 24.9. The van der Waals surface area contributed by atoms with Crippen LogP contribution in [0, 0.1) is 23.2 Å². The topological polar surface area (TPSA) is 191 Å². The molecular formula is C28H47N5O7. The Kier molecular flexibility index (Phi) is 10.0. The molecule has 1 saturated heterocycles. The average molecular weight is 566 g/mol. The number of nitrogens with zero attached hydrogens (tertiary/aromatic N) is 1. The lowest BCUT2D eigenvalue weighted by Crippen LogP contribution is -2.65. The first-order valence-corrected chi connectivity index (χ1v) is 14.5. The SMILES string of the molecule is CC(C)[C@H]1CCN(C(=O)[C@@H](NC(O)NC2(C(=O)O)CCCC2)C(C)(C)C)[C@@H]1C(=O)NC(CC1CC1)C(=O)C(N)=O. The van der Waals surface area contributed by atoms with Crippen LogP contribution in [0.1, 0.15) is 86.0 Å². The summed E-state index contributed by atoms with van der Waals surface area (Å²) in [5.41, 5.74) is 3.27. The van der Waals surface area contributed by atoms with Crippen molar-refractivity contribution in [3.05, 3.63) is 0 Å². The Balaban J connectivity index is 1.82. The second kappa shape index (κ2) is 12.5. The molecule has 0 aromatic rings. The maximum Gasteiger partial charge on any atom is 0.324 e. The van der Waals surface area contributed by atoms with Crippen molar-refractivity contribution in [3.63, 3.8) is 0 Å². The maximum absolute atomic E-state index is 14.1. The number of ketones is 1. The van der Waals surface area contributed by atoms with Crippen LogP contribution in [0.15, 0.2) is 0 Å². The van der Waals surface area contributed by atoms with Gasteiger partial charge in [-0.3, -0.25) is 34.6 Å². The number of Topliss-reactive ketones (excluding diaryl/α,β-unsaturated/α-hetero) is 1. The van der Waals surface area contributed by atoms with Gasteiger partial charge in [0.1, 0.15) is 11.6 Å². The molecule has 0 radical (unpaired) electrons. The third-order valence-corrected chi connectivity index (χ3v) is 8.71. The van der Waals surface area contributed by atoms with Crippen LogP contribution >= 0.6 is 0 Å². The van der Waals surface area contributed by atoms with E-state index in [1.165, 1.54) is 4.90 Å². The molecule has 2 aliphatic carbocycles. The van der Waals surface area contributed by atoms with E-state index < -0.39 is 64.9 Å².